The summed E-state index contributed by atoms with van der Waals surface area (Å²) in [6, 6.07) is 5.38. The molecule has 1 amide bonds. The van der Waals surface area contributed by atoms with Gasteiger partial charge in [-0.15, -0.1) is 11.6 Å². The normalized spacial score (nSPS) is 12.2. The molecule has 0 aliphatic carbocycles. The van der Waals surface area contributed by atoms with E-state index in [-0.39, 0.29) is 17.8 Å². The third-order valence-corrected chi connectivity index (χ3v) is 2.49. The fourth-order valence-electron chi connectivity index (χ4n) is 1.12. The van der Waals surface area contributed by atoms with Crippen molar-refractivity contribution < 1.29 is 9.18 Å². The highest BCUT2D eigenvalue weighted by Gasteiger charge is 2.10. The summed E-state index contributed by atoms with van der Waals surface area (Å²) >= 11 is 5.65. The van der Waals surface area contributed by atoms with Crippen molar-refractivity contribution >= 4 is 17.5 Å². The lowest BCUT2D eigenvalue weighted by Gasteiger charge is -2.13. The lowest BCUT2D eigenvalue weighted by Crippen LogP contribution is -2.35. The van der Waals surface area contributed by atoms with Crippen molar-refractivity contribution in [2.75, 3.05) is 5.88 Å². The van der Waals surface area contributed by atoms with Gasteiger partial charge >= 0.3 is 0 Å². The molecule has 0 aliphatic rings. The van der Waals surface area contributed by atoms with E-state index in [1.165, 1.54) is 24.3 Å². The van der Waals surface area contributed by atoms with E-state index in [4.69, 9.17) is 11.6 Å². The van der Waals surface area contributed by atoms with Crippen LogP contribution in [0.5, 0.6) is 0 Å². The van der Waals surface area contributed by atoms with Gasteiger partial charge in [0.15, 0.2) is 0 Å². The topological polar surface area (TPSA) is 29.1 Å². The van der Waals surface area contributed by atoms with Gasteiger partial charge in [-0.2, -0.15) is 0 Å². The van der Waals surface area contributed by atoms with Crippen LogP contribution in [0.3, 0.4) is 0 Å². The van der Waals surface area contributed by atoms with Crippen LogP contribution in [0.25, 0.3) is 0 Å². The third kappa shape index (κ3) is 3.51. The molecule has 1 rings (SSSR count). The van der Waals surface area contributed by atoms with Crippen LogP contribution in [-0.4, -0.2) is 17.8 Å². The SMILES string of the molecule is CCC(CCl)NC(=O)c1ccc(F)cc1. The molecule has 4 heteroatoms. The molecule has 0 radical (unpaired) electrons. The van der Waals surface area contributed by atoms with Crippen molar-refractivity contribution in [3.63, 3.8) is 0 Å². The second kappa shape index (κ2) is 5.71. The standard InChI is InChI=1S/C11H13ClFNO/c1-2-10(7-12)14-11(15)8-3-5-9(13)6-4-8/h3-6,10H,2,7H2,1H3,(H,14,15). The molecule has 0 saturated heterocycles. The number of rotatable bonds is 4. The van der Waals surface area contributed by atoms with Gasteiger partial charge in [0.25, 0.3) is 5.91 Å². The summed E-state index contributed by atoms with van der Waals surface area (Å²) < 4.78 is 12.6. The number of benzene rings is 1. The fourth-order valence-corrected chi connectivity index (χ4v) is 1.42. The number of carbonyl (C=O) groups is 1. The molecule has 0 aliphatic heterocycles. The van der Waals surface area contributed by atoms with Crippen LogP contribution in [0.2, 0.25) is 0 Å². The summed E-state index contributed by atoms with van der Waals surface area (Å²) in [6.07, 6.45) is 0.774. The quantitative estimate of drug-likeness (QED) is 0.790. The smallest absolute Gasteiger partial charge is 0.251 e. The molecule has 0 fully saturated rings. The minimum absolute atomic E-state index is 0.0378. The lowest BCUT2D eigenvalue weighted by molar-refractivity contribution is 0.0939. The Kier molecular flexibility index (Phi) is 4.56. The molecular formula is C11H13ClFNO. The Morgan fingerprint density at radius 1 is 1.47 bits per heavy atom. The Hall–Kier alpha value is -1.09. The Morgan fingerprint density at radius 2 is 2.07 bits per heavy atom. The van der Waals surface area contributed by atoms with Gasteiger partial charge in [-0.25, -0.2) is 4.39 Å². The Balaban J connectivity index is 2.64. The highest BCUT2D eigenvalue weighted by Crippen LogP contribution is 2.04. The molecule has 0 aromatic heterocycles. The van der Waals surface area contributed by atoms with Crippen molar-refractivity contribution in [3.05, 3.63) is 35.6 Å². The largest absolute Gasteiger partial charge is 0.348 e. The summed E-state index contributed by atoms with van der Waals surface area (Å²) in [4.78, 5) is 11.6. The van der Waals surface area contributed by atoms with E-state index >= 15 is 0 Å². The number of hydrogen-bond acceptors (Lipinski definition) is 1. The number of amides is 1. The van der Waals surface area contributed by atoms with E-state index in [2.05, 4.69) is 5.32 Å². The van der Waals surface area contributed by atoms with Crippen LogP contribution in [0.4, 0.5) is 4.39 Å². The molecule has 82 valence electrons. The molecule has 0 bridgehead atoms. The average Bonchev–Trinajstić information content (AvgIpc) is 2.26. The van der Waals surface area contributed by atoms with Gasteiger partial charge in [-0.1, -0.05) is 6.92 Å². The van der Waals surface area contributed by atoms with Crippen LogP contribution in [0.1, 0.15) is 23.7 Å². The molecule has 1 N–H and O–H groups in total. The number of alkyl halides is 1. The Bertz CT molecular complexity index is 322. The zero-order chi connectivity index (χ0) is 11.3. The summed E-state index contributed by atoms with van der Waals surface area (Å²) in [5.41, 5.74) is 0.444. The number of hydrogen-bond donors (Lipinski definition) is 1. The number of carbonyl (C=O) groups excluding carboxylic acids is 1. The first-order chi connectivity index (χ1) is 7.17. The van der Waals surface area contributed by atoms with Gasteiger partial charge in [0, 0.05) is 17.5 Å². The maximum absolute atomic E-state index is 12.6. The minimum Gasteiger partial charge on any atom is -0.348 e. The van der Waals surface area contributed by atoms with Gasteiger partial charge in [-0.3, -0.25) is 4.79 Å². The molecule has 1 atom stereocenters. The third-order valence-electron chi connectivity index (χ3n) is 2.12. The maximum Gasteiger partial charge on any atom is 0.251 e. The first-order valence-electron chi connectivity index (χ1n) is 4.79. The summed E-state index contributed by atoms with van der Waals surface area (Å²) in [5, 5.41) is 2.76. The van der Waals surface area contributed by atoms with Gasteiger partial charge in [-0.05, 0) is 30.7 Å². The Morgan fingerprint density at radius 3 is 2.53 bits per heavy atom. The monoisotopic (exact) mass is 229 g/mol. The molecule has 15 heavy (non-hydrogen) atoms. The van der Waals surface area contributed by atoms with Crippen LogP contribution in [0, 0.1) is 5.82 Å². The maximum atomic E-state index is 12.6. The zero-order valence-electron chi connectivity index (χ0n) is 8.47. The molecular weight excluding hydrogens is 217 g/mol. The molecule has 0 saturated carbocycles. The molecule has 2 nitrogen and oxygen atoms in total. The highest BCUT2D eigenvalue weighted by atomic mass is 35.5. The second-order valence-corrected chi connectivity index (χ2v) is 3.55. The molecule has 1 aromatic carbocycles. The van der Waals surface area contributed by atoms with Gasteiger partial charge in [0.05, 0.1) is 0 Å². The fraction of sp³-hybridized carbons (Fsp3) is 0.364. The van der Waals surface area contributed by atoms with E-state index in [0.717, 1.165) is 6.42 Å². The van der Waals surface area contributed by atoms with Gasteiger partial charge in [0.1, 0.15) is 5.82 Å². The van der Waals surface area contributed by atoms with E-state index in [1.54, 1.807) is 0 Å². The van der Waals surface area contributed by atoms with Crippen molar-refractivity contribution in [2.45, 2.75) is 19.4 Å². The van der Waals surface area contributed by atoms with E-state index in [9.17, 15) is 9.18 Å². The average molecular weight is 230 g/mol. The van der Waals surface area contributed by atoms with Crippen LogP contribution in [0.15, 0.2) is 24.3 Å². The Labute approximate surface area is 93.4 Å². The predicted octanol–water partition coefficient (Wildman–Crippen LogP) is 2.57. The van der Waals surface area contributed by atoms with Gasteiger partial charge in [0.2, 0.25) is 0 Å². The van der Waals surface area contributed by atoms with Crippen LogP contribution in [-0.2, 0) is 0 Å². The first kappa shape index (κ1) is 12.0. The number of halogens is 2. The summed E-state index contributed by atoms with van der Waals surface area (Å²) in [5.74, 6) is -0.192. The summed E-state index contributed by atoms with van der Waals surface area (Å²) in [7, 11) is 0. The van der Waals surface area contributed by atoms with Crippen molar-refractivity contribution in [2.24, 2.45) is 0 Å². The molecule has 1 aromatic rings. The van der Waals surface area contributed by atoms with Crippen molar-refractivity contribution in [3.8, 4) is 0 Å². The van der Waals surface area contributed by atoms with Gasteiger partial charge < -0.3 is 5.32 Å². The highest BCUT2D eigenvalue weighted by molar-refractivity contribution is 6.18. The molecule has 1 unspecified atom stereocenters. The minimum atomic E-state index is -0.351. The second-order valence-electron chi connectivity index (χ2n) is 3.24. The summed E-state index contributed by atoms with van der Waals surface area (Å²) in [6.45, 7) is 1.94. The number of nitrogens with one attached hydrogen (secondary N) is 1. The van der Waals surface area contributed by atoms with Crippen LogP contribution < -0.4 is 5.32 Å². The van der Waals surface area contributed by atoms with Crippen molar-refractivity contribution in [1.29, 1.82) is 0 Å². The van der Waals surface area contributed by atoms with Crippen LogP contribution >= 0.6 is 11.6 Å². The molecule has 0 heterocycles. The lowest BCUT2D eigenvalue weighted by atomic mass is 10.2. The van der Waals surface area contributed by atoms with E-state index in [0.29, 0.717) is 11.4 Å². The van der Waals surface area contributed by atoms with E-state index in [1.807, 2.05) is 6.92 Å². The van der Waals surface area contributed by atoms with E-state index < -0.39 is 0 Å². The predicted molar refractivity (Wildman–Crippen MR) is 58.7 cm³/mol. The van der Waals surface area contributed by atoms with Crippen molar-refractivity contribution in [1.82, 2.24) is 5.32 Å². The molecule has 0 spiro atoms. The first-order valence-corrected chi connectivity index (χ1v) is 5.33. The zero-order valence-corrected chi connectivity index (χ0v) is 9.22.